The van der Waals surface area contributed by atoms with Crippen molar-refractivity contribution in [1.82, 2.24) is 0 Å². The predicted molar refractivity (Wildman–Crippen MR) is 84.1 cm³/mol. The summed E-state index contributed by atoms with van der Waals surface area (Å²) >= 11 is 0. The molecule has 0 aliphatic heterocycles. The fraction of sp³-hybridized carbons (Fsp3) is 0.571. The van der Waals surface area contributed by atoms with E-state index < -0.39 is 10.0 Å². The van der Waals surface area contributed by atoms with Crippen LogP contribution in [0.25, 0.3) is 0 Å². The van der Waals surface area contributed by atoms with Crippen molar-refractivity contribution in [3.63, 3.8) is 0 Å². The fourth-order valence-electron chi connectivity index (χ4n) is 2.13. The molecule has 0 aliphatic rings. The molecule has 0 saturated carbocycles. The Morgan fingerprint density at radius 2 is 1.60 bits per heavy atom. The number of nitrogens with zero attached hydrogens (tertiary/aromatic N) is 1. The zero-order valence-corrected chi connectivity index (χ0v) is 13.4. The van der Waals surface area contributed by atoms with Gasteiger partial charge in [0.15, 0.2) is 0 Å². The van der Waals surface area contributed by atoms with Crippen molar-refractivity contribution >= 4 is 21.4 Å². The molecule has 0 aromatic heterocycles. The van der Waals surface area contributed by atoms with Crippen LogP contribution < -0.4 is 15.8 Å². The van der Waals surface area contributed by atoms with Crippen LogP contribution in [0.3, 0.4) is 0 Å². The van der Waals surface area contributed by atoms with E-state index in [-0.39, 0.29) is 4.90 Å². The monoisotopic (exact) mass is 299 g/mol. The Kier molecular flexibility index (Phi) is 5.42. The van der Waals surface area contributed by atoms with Crippen LogP contribution >= 0.6 is 0 Å². The predicted octanol–water partition coefficient (Wildman–Crippen LogP) is 2.03. The second-order valence-electron chi connectivity index (χ2n) is 5.96. The minimum absolute atomic E-state index is 0.0965. The second-order valence-corrected chi connectivity index (χ2v) is 7.52. The molecular weight excluding hydrogens is 274 g/mol. The Morgan fingerprint density at radius 1 is 1.10 bits per heavy atom. The van der Waals surface area contributed by atoms with Crippen LogP contribution in [-0.4, -0.2) is 21.5 Å². The third kappa shape index (κ3) is 4.68. The number of nitrogens with two attached hydrogens (primary N) is 2. The molecule has 0 amide bonds. The molecule has 0 atom stereocenters. The quantitative estimate of drug-likeness (QED) is 0.787. The molecule has 0 heterocycles. The Hall–Kier alpha value is -1.27. The summed E-state index contributed by atoms with van der Waals surface area (Å²) in [4.78, 5) is 2.22. The van der Waals surface area contributed by atoms with Crippen molar-refractivity contribution < 1.29 is 8.42 Å². The van der Waals surface area contributed by atoms with Crippen LogP contribution in [0, 0.1) is 11.8 Å². The van der Waals surface area contributed by atoms with Gasteiger partial charge in [-0.05, 0) is 30.0 Å². The second kappa shape index (κ2) is 6.45. The maximum absolute atomic E-state index is 11.5. The molecule has 1 rings (SSSR count). The van der Waals surface area contributed by atoms with E-state index in [1.807, 2.05) is 0 Å². The summed E-state index contributed by atoms with van der Waals surface area (Å²) in [5.41, 5.74) is 7.31. The molecule has 6 heteroatoms. The van der Waals surface area contributed by atoms with Crippen LogP contribution in [0.4, 0.5) is 11.4 Å². The number of primary sulfonamides is 1. The fourth-order valence-corrected chi connectivity index (χ4v) is 2.66. The minimum Gasteiger partial charge on any atom is -0.397 e. The summed E-state index contributed by atoms with van der Waals surface area (Å²) in [6.45, 7) is 10.1. The highest BCUT2D eigenvalue weighted by atomic mass is 32.2. The van der Waals surface area contributed by atoms with Crippen molar-refractivity contribution in [1.29, 1.82) is 0 Å². The van der Waals surface area contributed by atoms with Gasteiger partial charge >= 0.3 is 0 Å². The molecule has 0 fully saturated rings. The average molecular weight is 299 g/mol. The zero-order valence-electron chi connectivity index (χ0n) is 12.6. The number of benzene rings is 1. The van der Waals surface area contributed by atoms with E-state index >= 15 is 0 Å². The highest BCUT2D eigenvalue weighted by molar-refractivity contribution is 7.89. The van der Waals surface area contributed by atoms with Gasteiger partial charge in [-0.1, -0.05) is 27.7 Å². The highest BCUT2D eigenvalue weighted by Gasteiger charge is 2.16. The first kappa shape index (κ1) is 16.8. The van der Waals surface area contributed by atoms with Crippen LogP contribution in [0.5, 0.6) is 0 Å². The third-order valence-corrected chi connectivity index (χ3v) is 3.75. The smallest absolute Gasteiger partial charge is 0.238 e. The molecule has 0 unspecified atom stereocenters. The zero-order chi connectivity index (χ0) is 15.5. The maximum Gasteiger partial charge on any atom is 0.238 e. The molecule has 0 saturated heterocycles. The Bertz CT molecular complexity index is 544. The van der Waals surface area contributed by atoms with E-state index in [1.54, 1.807) is 12.1 Å². The van der Waals surface area contributed by atoms with Gasteiger partial charge in [0.2, 0.25) is 10.0 Å². The number of anilines is 2. The average Bonchev–Trinajstić information content (AvgIpc) is 2.25. The number of nitrogen functional groups attached to an aromatic ring is 1. The summed E-state index contributed by atoms with van der Waals surface area (Å²) in [7, 11) is -3.71. The van der Waals surface area contributed by atoms with Gasteiger partial charge in [0, 0.05) is 13.1 Å². The van der Waals surface area contributed by atoms with Crippen molar-refractivity contribution in [2.45, 2.75) is 32.6 Å². The van der Waals surface area contributed by atoms with Crippen LogP contribution in [0.1, 0.15) is 27.7 Å². The van der Waals surface area contributed by atoms with Gasteiger partial charge in [-0.3, -0.25) is 0 Å². The number of sulfonamides is 1. The van der Waals surface area contributed by atoms with E-state index in [2.05, 4.69) is 32.6 Å². The first-order chi connectivity index (χ1) is 9.11. The molecule has 1 aromatic rings. The van der Waals surface area contributed by atoms with Crippen molar-refractivity contribution in [3.05, 3.63) is 18.2 Å². The van der Waals surface area contributed by atoms with Gasteiger partial charge in [0.05, 0.1) is 16.3 Å². The molecule has 0 bridgehead atoms. The molecule has 20 heavy (non-hydrogen) atoms. The van der Waals surface area contributed by atoms with Crippen LogP contribution in [-0.2, 0) is 10.0 Å². The van der Waals surface area contributed by atoms with Crippen LogP contribution in [0.15, 0.2) is 23.1 Å². The molecule has 4 N–H and O–H groups in total. The lowest BCUT2D eigenvalue weighted by Gasteiger charge is -2.29. The molecule has 0 aliphatic carbocycles. The minimum atomic E-state index is -3.71. The normalized spacial score (nSPS) is 12.2. The van der Waals surface area contributed by atoms with Gasteiger partial charge in [0.25, 0.3) is 0 Å². The molecular formula is C14H25N3O2S. The van der Waals surface area contributed by atoms with E-state index in [9.17, 15) is 8.42 Å². The lowest BCUT2D eigenvalue weighted by molar-refractivity contribution is 0.553. The number of hydrogen-bond acceptors (Lipinski definition) is 4. The lowest BCUT2D eigenvalue weighted by atomic mass is 10.1. The van der Waals surface area contributed by atoms with Crippen LogP contribution in [0.2, 0.25) is 0 Å². The van der Waals surface area contributed by atoms with Gasteiger partial charge in [-0.2, -0.15) is 0 Å². The van der Waals surface area contributed by atoms with Gasteiger partial charge in [-0.25, -0.2) is 13.6 Å². The maximum atomic E-state index is 11.5. The van der Waals surface area contributed by atoms with Crippen molar-refractivity contribution in [2.24, 2.45) is 17.0 Å². The topological polar surface area (TPSA) is 89.4 Å². The lowest BCUT2D eigenvalue weighted by Crippen LogP contribution is -2.32. The van der Waals surface area contributed by atoms with E-state index in [1.165, 1.54) is 6.07 Å². The summed E-state index contributed by atoms with van der Waals surface area (Å²) in [5, 5.41) is 5.19. The Morgan fingerprint density at radius 3 is 2.00 bits per heavy atom. The van der Waals surface area contributed by atoms with E-state index in [0.717, 1.165) is 18.8 Å². The van der Waals surface area contributed by atoms with Gasteiger partial charge < -0.3 is 10.6 Å². The molecule has 5 nitrogen and oxygen atoms in total. The SMILES string of the molecule is CC(C)CN(CC(C)C)c1cc(S(N)(=O)=O)ccc1N. The molecule has 0 radical (unpaired) electrons. The van der Waals surface area contributed by atoms with Crippen molar-refractivity contribution in [3.8, 4) is 0 Å². The molecule has 0 spiro atoms. The molecule has 1 aromatic carbocycles. The first-order valence-corrected chi connectivity index (χ1v) is 8.33. The number of hydrogen-bond donors (Lipinski definition) is 2. The largest absolute Gasteiger partial charge is 0.397 e. The van der Waals surface area contributed by atoms with Gasteiger partial charge in [0.1, 0.15) is 0 Å². The third-order valence-electron chi connectivity index (χ3n) is 2.84. The number of rotatable bonds is 6. The van der Waals surface area contributed by atoms with E-state index in [0.29, 0.717) is 17.5 Å². The summed E-state index contributed by atoms with van der Waals surface area (Å²) in [6.07, 6.45) is 0. The summed E-state index contributed by atoms with van der Waals surface area (Å²) < 4.78 is 23.0. The van der Waals surface area contributed by atoms with E-state index in [4.69, 9.17) is 10.9 Å². The summed E-state index contributed by atoms with van der Waals surface area (Å²) in [6, 6.07) is 4.61. The van der Waals surface area contributed by atoms with Gasteiger partial charge in [-0.15, -0.1) is 0 Å². The summed E-state index contributed by atoms with van der Waals surface area (Å²) in [5.74, 6) is 0.901. The Balaban J connectivity index is 3.24. The highest BCUT2D eigenvalue weighted by Crippen LogP contribution is 2.27. The standard InChI is InChI=1S/C14H25N3O2S/c1-10(2)8-17(9-11(3)4)14-7-12(20(16,18)19)5-6-13(14)15/h5-7,10-11H,8-9,15H2,1-4H3,(H2,16,18,19). The Labute approximate surface area is 122 Å². The first-order valence-electron chi connectivity index (χ1n) is 6.78. The molecule has 114 valence electrons. The van der Waals surface area contributed by atoms with Crippen molar-refractivity contribution in [2.75, 3.05) is 23.7 Å².